The number of hydrogen-bond acceptors (Lipinski definition) is 5. The van der Waals surface area contributed by atoms with Crippen LogP contribution in [0.4, 0.5) is 5.69 Å². The molecule has 1 aliphatic rings. The number of halogens is 1. The van der Waals surface area contributed by atoms with Crippen molar-refractivity contribution in [3.8, 4) is 11.5 Å². The quantitative estimate of drug-likeness (QED) is 0.722. The van der Waals surface area contributed by atoms with Crippen molar-refractivity contribution in [2.75, 3.05) is 32.6 Å². The summed E-state index contributed by atoms with van der Waals surface area (Å²) >= 11 is 6.03. The van der Waals surface area contributed by atoms with E-state index in [1.807, 2.05) is 13.0 Å². The Labute approximate surface area is 182 Å². The highest BCUT2D eigenvalue weighted by molar-refractivity contribution is 7.89. The Morgan fingerprint density at radius 2 is 1.87 bits per heavy atom. The third-order valence-electron chi connectivity index (χ3n) is 5.21. The highest BCUT2D eigenvalue weighted by atomic mass is 35.5. The Morgan fingerprint density at radius 1 is 1.13 bits per heavy atom. The first-order valence-electron chi connectivity index (χ1n) is 9.55. The van der Waals surface area contributed by atoms with Gasteiger partial charge in [-0.3, -0.25) is 4.79 Å². The molecule has 1 atom stereocenters. The van der Waals surface area contributed by atoms with Crippen molar-refractivity contribution in [1.82, 2.24) is 4.31 Å². The van der Waals surface area contributed by atoms with Gasteiger partial charge in [0.1, 0.15) is 0 Å². The van der Waals surface area contributed by atoms with Crippen molar-refractivity contribution >= 4 is 33.2 Å². The monoisotopic (exact) mass is 452 g/mol. The molecule has 1 fully saturated rings. The maximum Gasteiger partial charge on any atom is 0.243 e. The lowest BCUT2D eigenvalue weighted by molar-refractivity contribution is -0.120. The van der Waals surface area contributed by atoms with Crippen molar-refractivity contribution < 1.29 is 22.7 Å². The van der Waals surface area contributed by atoms with Crippen molar-refractivity contribution in [3.05, 3.63) is 47.0 Å². The molecule has 1 saturated heterocycles. The number of carbonyl (C=O) groups excluding carboxylic acids is 1. The van der Waals surface area contributed by atoms with Crippen LogP contribution in [-0.4, -0.2) is 45.9 Å². The molecule has 0 aliphatic carbocycles. The minimum atomic E-state index is -3.78. The summed E-state index contributed by atoms with van der Waals surface area (Å²) in [6, 6.07) is 9.75. The number of amides is 1. The van der Waals surface area contributed by atoms with Gasteiger partial charge in [-0.2, -0.15) is 4.31 Å². The Bertz CT molecular complexity index is 1040. The van der Waals surface area contributed by atoms with Crippen molar-refractivity contribution in [2.24, 2.45) is 5.92 Å². The number of nitrogens with zero attached hydrogens (tertiary/aromatic N) is 1. The van der Waals surface area contributed by atoms with Gasteiger partial charge >= 0.3 is 0 Å². The van der Waals surface area contributed by atoms with Gasteiger partial charge in [-0.15, -0.1) is 0 Å². The molecule has 162 valence electrons. The van der Waals surface area contributed by atoms with Gasteiger partial charge in [0.15, 0.2) is 11.5 Å². The van der Waals surface area contributed by atoms with Crippen molar-refractivity contribution in [1.29, 1.82) is 0 Å². The molecule has 7 nitrogen and oxygen atoms in total. The van der Waals surface area contributed by atoms with E-state index in [2.05, 4.69) is 5.32 Å². The van der Waals surface area contributed by atoms with Crippen LogP contribution in [0, 0.1) is 12.8 Å². The lowest BCUT2D eigenvalue weighted by atomic mass is 9.98. The number of nitrogens with one attached hydrogen (secondary N) is 1. The lowest BCUT2D eigenvalue weighted by Gasteiger charge is -2.31. The number of hydrogen-bond donors (Lipinski definition) is 1. The van der Waals surface area contributed by atoms with Gasteiger partial charge in [-0.1, -0.05) is 17.7 Å². The van der Waals surface area contributed by atoms with Crippen molar-refractivity contribution in [3.63, 3.8) is 0 Å². The standard InChI is InChI=1S/C21H25ClN2O5S/c1-14-6-7-16(22)11-18(14)23-21(25)15-5-4-10-24(13-15)30(26,27)17-8-9-19(28-2)20(12-17)29-3/h6-9,11-12,15H,4-5,10,13H2,1-3H3,(H,23,25)/t15-/m1/s1. The maximum absolute atomic E-state index is 13.2. The minimum absolute atomic E-state index is 0.104. The van der Waals surface area contributed by atoms with E-state index in [0.29, 0.717) is 41.6 Å². The molecular formula is C21H25ClN2O5S. The first kappa shape index (κ1) is 22.4. The average Bonchev–Trinajstić information content (AvgIpc) is 2.75. The van der Waals surface area contributed by atoms with Gasteiger partial charge in [-0.25, -0.2) is 8.42 Å². The zero-order valence-corrected chi connectivity index (χ0v) is 18.7. The molecule has 30 heavy (non-hydrogen) atoms. The molecule has 0 spiro atoms. The SMILES string of the molecule is COc1ccc(S(=O)(=O)N2CCC[C@@H](C(=O)Nc3cc(Cl)ccc3C)C2)cc1OC. The number of sulfonamides is 1. The summed E-state index contributed by atoms with van der Waals surface area (Å²) in [6.45, 7) is 2.35. The molecule has 0 radical (unpaired) electrons. The van der Waals surface area contributed by atoms with Gasteiger partial charge in [0.05, 0.1) is 25.0 Å². The van der Waals surface area contributed by atoms with Gasteiger partial charge in [-0.05, 0) is 49.6 Å². The molecule has 2 aromatic carbocycles. The molecule has 1 aliphatic heterocycles. The van der Waals surface area contributed by atoms with Crippen LogP contribution in [0.15, 0.2) is 41.3 Å². The summed E-state index contributed by atoms with van der Waals surface area (Å²) in [6.07, 6.45) is 1.21. The molecule has 1 amide bonds. The van der Waals surface area contributed by atoms with Crippen molar-refractivity contribution in [2.45, 2.75) is 24.7 Å². The molecule has 1 heterocycles. The number of methoxy groups -OCH3 is 2. The molecule has 2 aromatic rings. The molecule has 0 saturated carbocycles. The number of aryl methyl sites for hydroxylation is 1. The zero-order chi connectivity index (χ0) is 21.9. The highest BCUT2D eigenvalue weighted by Crippen LogP contribution is 2.32. The third-order valence-corrected chi connectivity index (χ3v) is 7.30. The van der Waals surface area contributed by atoms with E-state index in [1.54, 1.807) is 18.2 Å². The number of piperidine rings is 1. The van der Waals surface area contributed by atoms with E-state index >= 15 is 0 Å². The Morgan fingerprint density at radius 3 is 2.57 bits per heavy atom. The Balaban J connectivity index is 1.78. The first-order valence-corrected chi connectivity index (χ1v) is 11.4. The van der Waals surface area contributed by atoms with E-state index in [0.717, 1.165) is 5.56 Å². The largest absolute Gasteiger partial charge is 0.493 e. The van der Waals surface area contributed by atoms with E-state index in [4.69, 9.17) is 21.1 Å². The van der Waals surface area contributed by atoms with Crippen LogP contribution in [0.25, 0.3) is 0 Å². The average molecular weight is 453 g/mol. The summed E-state index contributed by atoms with van der Waals surface area (Å²) in [5, 5.41) is 3.41. The van der Waals surface area contributed by atoms with Crippen LogP contribution in [0.2, 0.25) is 5.02 Å². The van der Waals surface area contributed by atoms with Gasteiger partial charge in [0.25, 0.3) is 0 Å². The van der Waals surface area contributed by atoms with Gasteiger partial charge in [0, 0.05) is 29.9 Å². The number of anilines is 1. The molecular weight excluding hydrogens is 428 g/mol. The molecule has 3 rings (SSSR count). The van der Waals surface area contributed by atoms with E-state index in [9.17, 15) is 13.2 Å². The fraction of sp³-hybridized carbons (Fsp3) is 0.381. The number of carbonyl (C=O) groups is 1. The molecule has 1 N–H and O–H groups in total. The number of benzene rings is 2. The Kier molecular flexibility index (Phi) is 6.90. The summed E-state index contributed by atoms with van der Waals surface area (Å²) in [7, 11) is -0.838. The van der Waals surface area contributed by atoms with E-state index < -0.39 is 15.9 Å². The maximum atomic E-state index is 13.2. The molecule has 9 heteroatoms. The van der Waals surface area contributed by atoms with Crippen LogP contribution in [0.1, 0.15) is 18.4 Å². The summed E-state index contributed by atoms with van der Waals surface area (Å²) in [4.78, 5) is 12.9. The minimum Gasteiger partial charge on any atom is -0.493 e. The predicted molar refractivity (Wildman–Crippen MR) is 116 cm³/mol. The summed E-state index contributed by atoms with van der Waals surface area (Å²) in [5.74, 6) is 0.116. The normalized spacial score (nSPS) is 17.4. The van der Waals surface area contributed by atoms with Crippen LogP contribution in [-0.2, 0) is 14.8 Å². The second-order valence-corrected chi connectivity index (χ2v) is 9.54. The fourth-order valence-corrected chi connectivity index (χ4v) is 5.18. The predicted octanol–water partition coefficient (Wildman–Crippen LogP) is 3.71. The molecule has 0 unspecified atom stereocenters. The van der Waals surface area contributed by atoms with Gasteiger partial charge in [0.2, 0.25) is 15.9 Å². The first-order chi connectivity index (χ1) is 14.3. The highest BCUT2D eigenvalue weighted by Gasteiger charge is 2.34. The third kappa shape index (κ3) is 4.71. The fourth-order valence-electron chi connectivity index (χ4n) is 3.46. The molecule has 0 bridgehead atoms. The van der Waals surface area contributed by atoms with E-state index in [-0.39, 0.29) is 17.3 Å². The van der Waals surface area contributed by atoms with Crippen LogP contribution < -0.4 is 14.8 Å². The second-order valence-electron chi connectivity index (χ2n) is 7.17. The number of ether oxygens (including phenoxy) is 2. The smallest absolute Gasteiger partial charge is 0.243 e. The second kappa shape index (κ2) is 9.24. The number of rotatable bonds is 6. The lowest BCUT2D eigenvalue weighted by Crippen LogP contribution is -2.43. The van der Waals surface area contributed by atoms with Crippen LogP contribution >= 0.6 is 11.6 Å². The van der Waals surface area contributed by atoms with Crippen LogP contribution in [0.5, 0.6) is 11.5 Å². The Hall–Kier alpha value is -2.29. The molecule has 0 aromatic heterocycles. The zero-order valence-electron chi connectivity index (χ0n) is 17.1. The van der Waals surface area contributed by atoms with Crippen LogP contribution in [0.3, 0.4) is 0 Å². The van der Waals surface area contributed by atoms with E-state index in [1.165, 1.54) is 30.7 Å². The summed E-state index contributed by atoms with van der Waals surface area (Å²) in [5.41, 5.74) is 1.52. The summed E-state index contributed by atoms with van der Waals surface area (Å²) < 4.78 is 38.1. The topological polar surface area (TPSA) is 84.9 Å². The van der Waals surface area contributed by atoms with Gasteiger partial charge < -0.3 is 14.8 Å².